The Hall–Kier alpha value is -3.56. The number of methoxy groups -OCH3 is 1. The summed E-state index contributed by atoms with van der Waals surface area (Å²) in [7, 11) is -2.62. The lowest BCUT2D eigenvalue weighted by Crippen LogP contribution is -2.51. The van der Waals surface area contributed by atoms with Gasteiger partial charge in [-0.3, -0.25) is 13.9 Å². The molecule has 0 heterocycles. The Morgan fingerprint density at radius 3 is 2.42 bits per heavy atom. The van der Waals surface area contributed by atoms with Crippen LogP contribution < -0.4 is 14.4 Å². The van der Waals surface area contributed by atoms with Gasteiger partial charge in [-0.15, -0.1) is 0 Å². The number of nitrogens with one attached hydrogen (secondary N) is 1. The Morgan fingerprint density at radius 1 is 1.02 bits per heavy atom. The van der Waals surface area contributed by atoms with Gasteiger partial charge < -0.3 is 15.0 Å². The lowest BCUT2D eigenvalue weighted by atomic mass is 10.1. The highest BCUT2D eigenvalue weighted by Crippen LogP contribution is 2.30. The second kappa shape index (κ2) is 14.2. The smallest absolute Gasteiger partial charge is 0.264 e. The van der Waals surface area contributed by atoms with Crippen LogP contribution in [0.15, 0.2) is 77.7 Å². The summed E-state index contributed by atoms with van der Waals surface area (Å²) in [5.74, 6) is -0.256. The molecule has 8 nitrogen and oxygen atoms in total. The summed E-state index contributed by atoms with van der Waals surface area (Å²) < 4.78 is 34.2. The molecular formula is C30H36ClN3O5S. The Labute approximate surface area is 241 Å². The Kier molecular flexibility index (Phi) is 11.0. The molecule has 214 valence electrons. The fourth-order valence-corrected chi connectivity index (χ4v) is 5.83. The molecular weight excluding hydrogens is 550 g/mol. The molecule has 0 aliphatic carbocycles. The number of benzene rings is 3. The standard InChI is InChI=1S/C30H36ClN3O5S/c1-5-6-17-32-30(36)23(3)33(20-24-11-10-12-26(18-24)39-4)29(35)21-34(28-19-25(31)16-15-22(28)2)40(37,38)27-13-8-7-9-14-27/h7-16,18-19,23H,5-6,17,20-21H2,1-4H3,(H,32,36)/t23-/m1/s1. The Morgan fingerprint density at radius 2 is 1.75 bits per heavy atom. The number of halogens is 1. The van der Waals surface area contributed by atoms with Crippen molar-refractivity contribution in [1.29, 1.82) is 0 Å². The van der Waals surface area contributed by atoms with Crippen LogP contribution in [0.3, 0.4) is 0 Å². The molecule has 40 heavy (non-hydrogen) atoms. The van der Waals surface area contributed by atoms with E-state index in [-0.39, 0.29) is 23.0 Å². The van der Waals surface area contributed by atoms with Crippen LogP contribution in [0.1, 0.15) is 37.8 Å². The average molecular weight is 586 g/mol. The van der Waals surface area contributed by atoms with Crippen LogP contribution >= 0.6 is 11.6 Å². The predicted molar refractivity (Wildman–Crippen MR) is 158 cm³/mol. The molecule has 3 aromatic carbocycles. The number of carbonyl (C=O) groups is 2. The topological polar surface area (TPSA) is 96.0 Å². The maximum Gasteiger partial charge on any atom is 0.264 e. The van der Waals surface area contributed by atoms with E-state index in [4.69, 9.17) is 16.3 Å². The molecule has 0 spiro atoms. The van der Waals surface area contributed by atoms with Gasteiger partial charge in [0, 0.05) is 18.1 Å². The van der Waals surface area contributed by atoms with Crippen LogP contribution in [-0.4, -0.2) is 51.4 Å². The third-order valence-corrected chi connectivity index (χ3v) is 8.54. The van der Waals surface area contributed by atoms with Gasteiger partial charge in [-0.05, 0) is 67.8 Å². The van der Waals surface area contributed by atoms with Crippen LogP contribution in [0.5, 0.6) is 5.75 Å². The molecule has 0 radical (unpaired) electrons. The van der Waals surface area contributed by atoms with E-state index in [2.05, 4.69) is 5.32 Å². The van der Waals surface area contributed by atoms with Gasteiger partial charge in [-0.25, -0.2) is 8.42 Å². The lowest BCUT2D eigenvalue weighted by molar-refractivity contribution is -0.139. The number of hydrogen-bond donors (Lipinski definition) is 1. The molecule has 0 bridgehead atoms. The quantitative estimate of drug-likeness (QED) is 0.279. The first-order valence-corrected chi connectivity index (χ1v) is 14.9. The van der Waals surface area contributed by atoms with Crippen LogP contribution in [0.25, 0.3) is 0 Å². The molecule has 0 aliphatic rings. The molecule has 3 rings (SSSR count). The molecule has 0 unspecified atom stereocenters. The van der Waals surface area contributed by atoms with E-state index in [9.17, 15) is 18.0 Å². The number of hydrogen-bond acceptors (Lipinski definition) is 5. The van der Waals surface area contributed by atoms with Gasteiger partial charge in [0.1, 0.15) is 18.3 Å². The van der Waals surface area contributed by atoms with E-state index in [1.807, 2.05) is 13.0 Å². The van der Waals surface area contributed by atoms with E-state index in [0.717, 1.165) is 22.7 Å². The minimum absolute atomic E-state index is 0.0341. The van der Waals surface area contributed by atoms with Crippen molar-refractivity contribution in [3.8, 4) is 5.75 Å². The van der Waals surface area contributed by atoms with E-state index in [1.54, 1.807) is 69.5 Å². The molecule has 0 aromatic heterocycles. The molecule has 2 amide bonds. The number of amides is 2. The van der Waals surface area contributed by atoms with Crippen molar-refractivity contribution in [1.82, 2.24) is 10.2 Å². The fourth-order valence-electron chi connectivity index (χ4n) is 4.17. The Bertz CT molecular complexity index is 1420. The van der Waals surface area contributed by atoms with Crippen molar-refractivity contribution in [2.24, 2.45) is 0 Å². The molecule has 10 heteroatoms. The summed E-state index contributed by atoms with van der Waals surface area (Å²) in [6, 6.07) is 19.1. The zero-order valence-corrected chi connectivity index (χ0v) is 24.8. The summed E-state index contributed by atoms with van der Waals surface area (Å²) in [6.07, 6.45) is 1.71. The number of carbonyl (C=O) groups excluding carboxylic acids is 2. The SMILES string of the molecule is CCCCNC(=O)[C@@H](C)N(Cc1cccc(OC)c1)C(=O)CN(c1cc(Cl)ccc1C)S(=O)(=O)c1ccccc1. The van der Waals surface area contributed by atoms with Gasteiger partial charge in [-0.1, -0.05) is 61.3 Å². The van der Waals surface area contributed by atoms with Crippen molar-refractivity contribution in [2.75, 3.05) is 24.5 Å². The summed E-state index contributed by atoms with van der Waals surface area (Å²) in [4.78, 5) is 28.5. The second-order valence-electron chi connectivity index (χ2n) is 9.45. The van der Waals surface area contributed by atoms with Crippen molar-refractivity contribution < 1.29 is 22.7 Å². The highest BCUT2D eigenvalue weighted by Gasteiger charge is 2.33. The first-order valence-electron chi connectivity index (χ1n) is 13.1. The van der Waals surface area contributed by atoms with Crippen LogP contribution in [0.2, 0.25) is 5.02 Å². The summed E-state index contributed by atoms with van der Waals surface area (Å²) in [6.45, 7) is 5.44. The molecule has 0 saturated carbocycles. The minimum atomic E-state index is -4.16. The largest absolute Gasteiger partial charge is 0.497 e. The van der Waals surface area contributed by atoms with Gasteiger partial charge >= 0.3 is 0 Å². The summed E-state index contributed by atoms with van der Waals surface area (Å²) in [5, 5.41) is 3.21. The van der Waals surface area contributed by atoms with Crippen molar-refractivity contribution in [3.05, 3.63) is 88.9 Å². The monoisotopic (exact) mass is 585 g/mol. The number of sulfonamides is 1. The highest BCUT2D eigenvalue weighted by molar-refractivity contribution is 7.92. The average Bonchev–Trinajstić information content (AvgIpc) is 2.96. The van der Waals surface area contributed by atoms with E-state index in [1.165, 1.54) is 23.1 Å². The van der Waals surface area contributed by atoms with Gasteiger partial charge in [0.05, 0.1) is 17.7 Å². The van der Waals surface area contributed by atoms with Crippen LogP contribution in [0, 0.1) is 6.92 Å². The molecule has 0 aliphatic heterocycles. The first kappa shape index (κ1) is 31.0. The van der Waals surface area contributed by atoms with Gasteiger partial charge in [-0.2, -0.15) is 0 Å². The van der Waals surface area contributed by atoms with Gasteiger partial charge in [0.2, 0.25) is 11.8 Å². The highest BCUT2D eigenvalue weighted by atomic mass is 35.5. The van der Waals surface area contributed by atoms with Gasteiger partial charge in [0.15, 0.2) is 0 Å². The zero-order valence-electron chi connectivity index (χ0n) is 23.3. The molecule has 0 saturated heterocycles. The zero-order chi connectivity index (χ0) is 29.3. The maximum atomic E-state index is 14.0. The first-order chi connectivity index (χ1) is 19.1. The number of anilines is 1. The van der Waals surface area contributed by atoms with Crippen molar-refractivity contribution >= 4 is 39.1 Å². The van der Waals surface area contributed by atoms with E-state index >= 15 is 0 Å². The van der Waals surface area contributed by atoms with Crippen LogP contribution in [-0.2, 0) is 26.2 Å². The Balaban J connectivity index is 2.04. The lowest BCUT2D eigenvalue weighted by Gasteiger charge is -2.32. The van der Waals surface area contributed by atoms with E-state index in [0.29, 0.717) is 22.9 Å². The fraction of sp³-hybridized carbons (Fsp3) is 0.333. The maximum absolute atomic E-state index is 14.0. The number of aryl methyl sites for hydroxylation is 1. The van der Waals surface area contributed by atoms with Crippen LogP contribution in [0.4, 0.5) is 5.69 Å². The second-order valence-corrected chi connectivity index (χ2v) is 11.7. The molecule has 1 atom stereocenters. The molecule has 1 N–H and O–H groups in total. The van der Waals surface area contributed by atoms with E-state index < -0.39 is 28.5 Å². The normalized spacial score (nSPS) is 11.9. The third kappa shape index (κ3) is 7.76. The summed E-state index contributed by atoms with van der Waals surface area (Å²) >= 11 is 6.26. The number of rotatable bonds is 13. The molecule has 0 fully saturated rings. The predicted octanol–water partition coefficient (Wildman–Crippen LogP) is 5.19. The number of ether oxygens (including phenoxy) is 1. The van der Waals surface area contributed by atoms with Gasteiger partial charge in [0.25, 0.3) is 10.0 Å². The third-order valence-electron chi connectivity index (χ3n) is 6.53. The number of unbranched alkanes of at least 4 members (excludes halogenated alkanes) is 1. The van der Waals surface area contributed by atoms with Crippen molar-refractivity contribution in [2.45, 2.75) is 51.1 Å². The summed E-state index contributed by atoms with van der Waals surface area (Å²) in [5.41, 5.74) is 1.64. The number of nitrogens with zero attached hydrogens (tertiary/aromatic N) is 2. The van der Waals surface area contributed by atoms with Crippen molar-refractivity contribution in [3.63, 3.8) is 0 Å². The molecule has 3 aromatic rings. The minimum Gasteiger partial charge on any atom is -0.497 e.